The third-order valence-electron chi connectivity index (χ3n) is 4.29. The molecule has 1 aromatic rings. The van der Waals surface area contributed by atoms with Crippen LogP contribution in [0.2, 0.25) is 0 Å². The number of aryl methyl sites for hydroxylation is 1. The monoisotopic (exact) mass is 303 g/mol. The van der Waals surface area contributed by atoms with Gasteiger partial charge in [-0.3, -0.25) is 14.6 Å². The maximum atomic E-state index is 12.1. The van der Waals surface area contributed by atoms with E-state index in [-0.39, 0.29) is 23.8 Å². The van der Waals surface area contributed by atoms with E-state index in [9.17, 15) is 9.59 Å². The number of carbonyl (C=O) groups excluding carboxylic acids is 2. The number of nitrogens with two attached hydrogens (primary N) is 1. The van der Waals surface area contributed by atoms with Gasteiger partial charge in [0.05, 0.1) is 5.92 Å². The van der Waals surface area contributed by atoms with Gasteiger partial charge in [0.1, 0.15) is 0 Å². The molecule has 0 radical (unpaired) electrons. The van der Waals surface area contributed by atoms with Gasteiger partial charge in [0.25, 0.3) is 0 Å². The van der Waals surface area contributed by atoms with E-state index in [4.69, 9.17) is 5.73 Å². The third-order valence-corrected chi connectivity index (χ3v) is 4.29. The molecule has 1 aliphatic carbocycles. The first-order valence-electron chi connectivity index (χ1n) is 8.15. The fraction of sp³-hybridized carbons (Fsp3) is 0.588. The summed E-state index contributed by atoms with van der Waals surface area (Å²) in [5.74, 6) is -0.503. The molecule has 0 saturated heterocycles. The molecule has 1 aliphatic rings. The lowest BCUT2D eigenvalue weighted by Crippen LogP contribution is -2.44. The number of aromatic nitrogens is 1. The van der Waals surface area contributed by atoms with Crippen molar-refractivity contribution in [1.82, 2.24) is 10.3 Å². The minimum Gasteiger partial charge on any atom is -0.369 e. The summed E-state index contributed by atoms with van der Waals surface area (Å²) in [6.45, 7) is 0. The Hall–Kier alpha value is -1.91. The molecular weight excluding hydrogens is 278 g/mol. The zero-order valence-electron chi connectivity index (χ0n) is 13.0. The molecule has 1 fully saturated rings. The molecule has 1 aromatic heterocycles. The molecule has 3 N–H and O–H groups in total. The number of hydrogen-bond acceptors (Lipinski definition) is 3. The van der Waals surface area contributed by atoms with E-state index in [0.717, 1.165) is 50.6 Å². The largest absolute Gasteiger partial charge is 0.369 e. The molecule has 22 heavy (non-hydrogen) atoms. The van der Waals surface area contributed by atoms with Crippen LogP contribution in [0.1, 0.15) is 50.6 Å². The predicted molar refractivity (Wildman–Crippen MR) is 84.9 cm³/mol. The summed E-state index contributed by atoms with van der Waals surface area (Å²) in [5.41, 5.74) is 6.48. The zero-order chi connectivity index (χ0) is 15.8. The Morgan fingerprint density at radius 3 is 2.77 bits per heavy atom. The van der Waals surface area contributed by atoms with Gasteiger partial charge in [-0.1, -0.05) is 25.3 Å². The van der Waals surface area contributed by atoms with Crippen LogP contribution in [-0.2, 0) is 16.0 Å². The number of nitrogens with zero attached hydrogens (tertiary/aromatic N) is 1. The van der Waals surface area contributed by atoms with E-state index in [1.165, 1.54) is 0 Å². The van der Waals surface area contributed by atoms with Crippen LogP contribution in [0.25, 0.3) is 0 Å². The van der Waals surface area contributed by atoms with Gasteiger partial charge in [-0.05, 0) is 37.8 Å². The van der Waals surface area contributed by atoms with E-state index in [1.807, 2.05) is 18.2 Å². The first-order chi connectivity index (χ1) is 10.7. The highest BCUT2D eigenvalue weighted by Gasteiger charge is 2.28. The quantitative estimate of drug-likeness (QED) is 0.788. The smallest absolute Gasteiger partial charge is 0.222 e. The highest BCUT2D eigenvalue weighted by atomic mass is 16.2. The van der Waals surface area contributed by atoms with Gasteiger partial charge in [0, 0.05) is 24.4 Å². The van der Waals surface area contributed by atoms with Crippen LogP contribution in [0.5, 0.6) is 0 Å². The molecule has 2 amide bonds. The Morgan fingerprint density at radius 1 is 1.23 bits per heavy atom. The van der Waals surface area contributed by atoms with Crippen molar-refractivity contribution in [2.45, 2.75) is 57.4 Å². The molecular formula is C17H25N3O2. The first-order valence-corrected chi connectivity index (χ1v) is 8.15. The number of nitrogens with one attached hydrogen (secondary N) is 1. The number of primary amides is 1. The van der Waals surface area contributed by atoms with Crippen molar-refractivity contribution in [3.05, 3.63) is 30.1 Å². The number of amides is 2. The Bertz CT molecular complexity index is 490. The van der Waals surface area contributed by atoms with Crippen LogP contribution in [-0.4, -0.2) is 22.8 Å². The first kappa shape index (κ1) is 16.5. The number of rotatable bonds is 6. The molecule has 0 spiro atoms. The van der Waals surface area contributed by atoms with Gasteiger partial charge in [-0.25, -0.2) is 0 Å². The molecule has 2 atom stereocenters. The standard InChI is InChI=1S/C17H25N3O2/c18-17(22)14-9-2-1-3-10-15(14)20-16(21)11-6-8-13-7-4-5-12-19-13/h4-5,7,12,14-15H,1-3,6,8-11H2,(H2,18,22)(H,20,21). The minimum absolute atomic E-state index is 0.00841. The van der Waals surface area contributed by atoms with E-state index < -0.39 is 0 Å². The average Bonchev–Trinajstić information content (AvgIpc) is 2.74. The molecule has 2 unspecified atom stereocenters. The van der Waals surface area contributed by atoms with Crippen LogP contribution in [0.3, 0.4) is 0 Å². The summed E-state index contributed by atoms with van der Waals surface area (Å²) in [5, 5.41) is 3.02. The second-order valence-electron chi connectivity index (χ2n) is 6.00. The van der Waals surface area contributed by atoms with Crippen molar-refractivity contribution in [1.29, 1.82) is 0 Å². The van der Waals surface area contributed by atoms with Crippen LogP contribution in [0.15, 0.2) is 24.4 Å². The van der Waals surface area contributed by atoms with E-state index in [1.54, 1.807) is 6.20 Å². The summed E-state index contributed by atoms with van der Waals surface area (Å²) in [6.07, 6.45) is 8.57. The minimum atomic E-state index is -0.291. The van der Waals surface area contributed by atoms with Gasteiger partial charge < -0.3 is 11.1 Å². The number of hydrogen-bond donors (Lipinski definition) is 2. The Kier molecular flexibility index (Phi) is 6.37. The Morgan fingerprint density at radius 2 is 2.05 bits per heavy atom. The predicted octanol–water partition coefficient (Wildman–Crippen LogP) is 1.95. The van der Waals surface area contributed by atoms with E-state index >= 15 is 0 Å². The van der Waals surface area contributed by atoms with Gasteiger partial charge in [-0.15, -0.1) is 0 Å². The SMILES string of the molecule is NC(=O)C1CCCCCC1NC(=O)CCCc1ccccn1. The van der Waals surface area contributed by atoms with E-state index in [0.29, 0.717) is 6.42 Å². The molecule has 1 heterocycles. The highest BCUT2D eigenvalue weighted by Crippen LogP contribution is 2.23. The van der Waals surface area contributed by atoms with Gasteiger partial charge in [0.15, 0.2) is 0 Å². The van der Waals surface area contributed by atoms with Crippen molar-refractivity contribution in [2.24, 2.45) is 11.7 Å². The van der Waals surface area contributed by atoms with Gasteiger partial charge >= 0.3 is 0 Å². The lowest BCUT2D eigenvalue weighted by Gasteiger charge is -2.23. The summed E-state index contributed by atoms with van der Waals surface area (Å²) >= 11 is 0. The third kappa shape index (κ3) is 5.13. The molecule has 1 saturated carbocycles. The summed E-state index contributed by atoms with van der Waals surface area (Å²) in [6, 6.07) is 5.70. The molecule has 2 rings (SSSR count). The molecule has 5 heteroatoms. The average molecular weight is 303 g/mol. The number of carbonyl (C=O) groups is 2. The molecule has 0 aromatic carbocycles. The summed E-state index contributed by atoms with van der Waals surface area (Å²) in [4.78, 5) is 27.9. The molecule has 120 valence electrons. The van der Waals surface area contributed by atoms with Gasteiger partial charge in [-0.2, -0.15) is 0 Å². The molecule has 5 nitrogen and oxygen atoms in total. The van der Waals surface area contributed by atoms with Crippen LogP contribution in [0.4, 0.5) is 0 Å². The van der Waals surface area contributed by atoms with Gasteiger partial charge in [0.2, 0.25) is 11.8 Å². The highest BCUT2D eigenvalue weighted by molar-refractivity contribution is 5.80. The topological polar surface area (TPSA) is 85.1 Å². The summed E-state index contributed by atoms with van der Waals surface area (Å²) in [7, 11) is 0. The van der Waals surface area contributed by atoms with E-state index in [2.05, 4.69) is 10.3 Å². The van der Waals surface area contributed by atoms with Crippen LogP contribution < -0.4 is 11.1 Å². The Labute approximate surface area is 131 Å². The van der Waals surface area contributed by atoms with Crippen molar-refractivity contribution >= 4 is 11.8 Å². The number of pyridine rings is 1. The zero-order valence-corrected chi connectivity index (χ0v) is 13.0. The maximum Gasteiger partial charge on any atom is 0.222 e. The Balaban J connectivity index is 1.78. The lowest BCUT2D eigenvalue weighted by atomic mass is 9.94. The maximum absolute atomic E-state index is 12.1. The van der Waals surface area contributed by atoms with Crippen LogP contribution in [0, 0.1) is 5.92 Å². The second-order valence-corrected chi connectivity index (χ2v) is 6.00. The van der Waals surface area contributed by atoms with Crippen molar-refractivity contribution in [2.75, 3.05) is 0 Å². The van der Waals surface area contributed by atoms with Crippen LogP contribution >= 0.6 is 0 Å². The lowest BCUT2D eigenvalue weighted by molar-refractivity contribution is -0.125. The molecule has 0 bridgehead atoms. The summed E-state index contributed by atoms with van der Waals surface area (Å²) < 4.78 is 0. The molecule has 0 aliphatic heterocycles. The fourth-order valence-corrected chi connectivity index (χ4v) is 3.08. The second kappa shape index (κ2) is 8.51. The van der Waals surface area contributed by atoms with Crippen molar-refractivity contribution in [3.63, 3.8) is 0 Å². The normalized spacial score (nSPS) is 21.8. The fourth-order valence-electron chi connectivity index (χ4n) is 3.08. The van der Waals surface area contributed by atoms with Crippen molar-refractivity contribution in [3.8, 4) is 0 Å². The van der Waals surface area contributed by atoms with Crippen molar-refractivity contribution < 1.29 is 9.59 Å².